The molecule has 0 spiro atoms. The van der Waals surface area contributed by atoms with Gasteiger partial charge in [-0.2, -0.15) is 8.42 Å². The van der Waals surface area contributed by atoms with E-state index in [2.05, 4.69) is 4.99 Å². The summed E-state index contributed by atoms with van der Waals surface area (Å²) in [5, 5.41) is 30.0. The van der Waals surface area contributed by atoms with Crippen LogP contribution in [-0.4, -0.2) is 64.3 Å². The first-order chi connectivity index (χ1) is 23.1. The Balaban J connectivity index is 4.65. The summed E-state index contributed by atoms with van der Waals surface area (Å²) in [5.41, 5.74) is 1.02. The molecule has 0 aliphatic heterocycles. The van der Waals surface area contributed by atoms with Crippen molar-refractivity contribution >= 4 is 22.1 Å². The van der Waals surface area contributed by atoms with Crippen LogP contribution in [-0.2, 0) is 19.4 Å². The molecule has 0 saturated heterocycles. The lowest BCUT2D eigenvalue weighted by atomic mass is 9.88. The molecule has 0 aliphatic carbocycles. The maximum absolute atomic E-state index is 11.3. The third kappa shape index (κ3) is 24.2. The molecular weight excluding hydrogens is 642 g/mol. The summed E-state index contributed by atoms with van der Waals surface area (Å²) < 4.78 is 36.6. The zero-order valence-electron chi connectivity index (χ0n) is 29.9. The van der Waals surface area contributed by atoms with E-state index in [1.165, 1.54) is 6.92 Å². The first kappa shape index (κ1) is 45.3. The van der Waals surface area contributed by atoms with Crippen molar-refractivity contribution in [3.05, 3.63) is 121 Å². The molecule has 0 amide bonds. The van der Waals surface area contributed by atoms with Gasteiger partial charge in [-0.1, -0.05) is 136 Å². The van der Waals surface area contributed by atoms with Crippen LogP contribution in [0.1, 0.15) is 67.7 Å². The van der Waals surface area contributed by atoms with Gasteiger partial charge in [0, 0.05) is 35.1 Å². The minimum Gasteiger partial charge on any atom is -0.478 e. The molecule has 9 nitrogen and oxygen atoms in total. The van der Waals surface area contributed by atoms with Gasteiger partial charge in [0.25, 0.3) is 0 Å². The maximum Gasteiger partial charge on any atom is 0.397 e. The van der Waals surface area contributed by atoms with Crippen molar-refractivity contribution in [2.75, 3.05) is 0 Å². The quantitative estimate of drug-likeness (QED) is 0.0210. The van der Waals surface area contributed by atoms with E-state index >= 15 is 0 Å². The molecule has 0 aromatic carbocycles. The van der Waals surface area contributed by atoms with Crippen LogP contribution in [0.25, 0.3) is 0 Å². The van der Waals surface area contributed by atoms with Crippen LogP contribution in [0, 0.1) is 17.8 Å². The fraction of sp³-hybridized carbons (Fsp3) is 0.436. The van der Waals surface area contributed by atoms with Crippen LogP contribution < -0.4 is 0 Å². The number of nitrogens with zero attached hydrogens (tertiary/aromatic N) is 1. The van der Waals surface area contributed by atoms with E-state index in [0.717, 1.165) is 18.6 Å². The average Bonchev–Trinajstić information content (AvgIpc) is 3.02. The topological polar surface area (TPSA) is 154 Å². The van der Waals surface area contributed by atoms with E-state index in [-0.39, 0.29) is 35.8 Å². The number of aliphatic carboxylic acids is 1. The number of carboxylic acids is 1. The lowest BCUT2D eigenvalue weighted by molar-refractivity contribution is -0.132. The highest BCUT2D eigenvalue weighted by molar-refractivity contribution is 7.80. The van der Waals surface area contributed by atoms with Gasteiger partial charge in [0.2, 0.25) is 0 Å². The number of unbranched alkanes of at least 4 members (excludes halogenated alkanes) is 1. The van der Waals surface area contributed by atoms with Crippen molar-refractivity contribution in [1.82, 2.24) is 0 Å². The number of aliphatic hydroxyl groups excluding tert-OH is 2. The Morgan fingerprint density at radius 2 is 1.24 bits per heavy atom. The fourth-order valence-electron chi connectivity index (χ4n) is 4.24. The number of carboxylic acid groups (broad SMARTS) is 1. The first-order valence-corrected chi connectivity index (χ1v) is 17.9. The third-order valence-corrected chi connectivity index (χ3v) is 7.82. The second kappa shape index (κ2) is 26.2. The van der Waals surface area contributed by atoms with Crippen molar-refractivity contribution in [2.45, 2.75) is 92.1 Å². The Hall–Kier alpha value is -3.67. The van der Waals surface area contributed by atoms with Crippen LogP contribution in [0.4, 0.5) is 0 Å². The second-order valence-corrected chi connectivity index (χ2v) is 13.0. The minimum absolute atomic E-state index is 0.0641. The molecule has 0 aliphatic rings. The molecule has 0 bridgehead atoms. The van der Waals surface area contributed by atoms with Crippen LogP contribution in [0.2, 0.25) is 0 Å². The predicted molar refractivity (Wildman–Crippen MR) is 202 cm³/mol. The zero-order valence-corrected chi connectivity index (χ0v) is 30.7. The Kier molecular flexibility index (Phi) is 24.3. The van der Waals surface area contributed by atoms with Crippen LogP contribution in [0.15, 0.2) is 126 Å². The molecule has 0 aromatic rings. The van der Waals surface area contributed by atoms with Gasteiger partial charge in [-0.05, 0) is 47.0 Å². The molecule has 0 rings (SSSR count). The lowest BCUT2D eigenvalue weighted by Gasteiger charge is -2.25. The molecule has 272 valence electrons. The van der Waals surface area contributed by atoms with E-state index in [1.807, 2.05) is 102 Å². The summed E-state index contributed by atoms with van der Waals surface area (Å²) in [6.45, 7) is 12.8. The van der Waals surface area contributed by atoms with E-state index in [4.69, 9.17) is 13.8 Å². The molecule has 0 fully saturated rings. The first-order valence-electron chi connectivity index (χ1n) is 16.5. The Morgan fingerprint density at radius 3 is 1.80 bits per heavy atom. The summed E-state index contributed by atoms with van der Waals surface area (Å²) in [4.78, 5) is 15.2. The van der Waals surface area contributed by atoms with Crippen molar-refractivity contribution in [3.63, 3.8) is 0 Å². The molecular formula is C39H57NO8S. The number of hydrogen-bond donors (Lipinski definition) is 4. The molecule has 49 heavy (non-hydrogen) atoms. The summed E-state index contributed by atoms with van der Waals surface area (Å²) in [6.07, 6.45) is 33.9. The van der Waals surface area contributed by atoms with E-state index in [0.29, 0.717) is 0 Å². The summed E-state index contributed by atoms with van der Waals surface area (Å²) in [7, 11) is -4.59. The smallest absolute Gasteiger partial charge is 0.397 e. The monoisotopic (exact) mass is 699 g/mol. The number of rotatable bonds is 23. The number of carbonyl (C=O) groups is 1. The number of aliphatic hydroxyl groups is 2. The molecule has 6 unspecified atom stereocenters. The summed E-state index contributed by atoms with van der Waals surface area (Å²) in [5.74, 6) is -1.72. The van der Waals surface area contributed by atoms with Crippen LogP contribution >= 0.6 is 0 Å². The van der Waals surface area contributed by atoms with Crippen molar-refractivity contribution in [2.24, 2.45) is 22.7 Å². The van der Waals surface area contributed by atoms with Crippen molar-refractivity contribution in [1.29, 1.82) is 0 Å². The Labute approximate surface area is 294 Å². The molecule has 10 heteroatoms. The van der Waals surface area contributed by atoms with Crippen LogP contribution in [0.3, 0.4) is 0 Å². The van der Waals surface area contributed by atoms with Gasteiger partial charge in [-0.3, -0.25) is 9.55 Å². The Bertz CT molecular complexity index is 1410. The van der Waals surface area contributed by atoms with Crippen molar-refractivity contribution < 1.29 is 37.3 Å². The molecule has 6 atom stereocenters. The third-order valence-electron chi connectivity index (χ3n) is 7.33. The fourth-order valence-corrected chi connectivity index (χ4v) is 4.80. The van der Waals surface area contributed by atoms with Gasteiger partial charge in [-0.25, -0.2) is 8.98 Å². The number of allylic oxidation sites excluding steroid dienone is 16. The van der Waals surface area contributed by atoms with E-state index in [9.17, 15) is 23.4 Å². The SMILES string of the molecule is CC(=NC(C)C)C(C)C(C/C=C/C=C/C=C/C=C/C=C/C=C/C(O)C(C)C(O)C(C)/C=C/CC/C=C/C=C/C=C(\C)C(=O)O)OS(=O)(=O)O. The second-order valence-electron chi connectivity index (χ2n) is 12.0. The largest absolute Gasteiger partial charge is 0.478 e. The Morgan fingerprint density at radius 1 is 0.735 bits per heavy atom. The van der Waals surface area contributed by atoms with Crippen molar-refractivity contribution in [3.8, 4) is 0 Å². The van der Waals surface area contributed by atoms with Crippen LogP contribution in [0.5, 0.6) is 0 Å². The number of aliphatic imine (C=N–C) groups is 1. The molecule has 0 saturated carbocycles. The average molecular weight is 700 g/mol. The predicted octanol–water partition coefficient (Wildman–Crippen LogP) is 7.88. The molecule has 4 N–H and O–H groups in total. The summed E-state index contributed by atoms with van der Waals surface area (Å²) in [6, 6.07) is 0.0641. The van der Waals surface area contributed by atoms with E-state index in [1.54, 1.807) is 54.7 Å². The standard InChI is InChI=1S/C39H57NO8S/c1-30(2)40-35(7)33(5)37(48-49(45,46)47)29-25-21-17-12-10-8-9-11-16-20-24-28-36(41)34(6)38(42)31(3)26-22-18-14-13-15-19-23-27-32(4)39(43)44/h8-13,15-17,19-28,30-31,33-34,36-38,41-42H,14,18,29H2,1-7H3,(H,43,44)(H,45,46,47)/b10-8+,11-9+,15-13+,17-12+,20-16+,23-19+,25-21+,26-22+,28-24+,32-27+,40-35?. The van der Waals surface area contributed by atoms with Gasteiger partial charge in [-0.15, -0.1) is 0 Å². The van der Waals surface area contributed by atoms with Gasteiger partial charge < -0.3 is 15.3 Å². The molecule has 0 radical (unpaired) electrons. The normalized spacial score (nSPS) is 18.3. The van der Waals surface area contributed by atoms with E-state index < -0.39 is 34.7 Å². The van der Waals surface area contributed by atoms with Gasteiger partial charge in [0.1, 0.15) is 0 Å². The summed E-state index contributed by atoms with van der Waals surface area (Å²) >= 11 is 0. The zero-order chi connectivity index (χ0) is 37.2. The van der Waals surface area contributed by atoms with Gasteiger partial charge in [0.15, 0.2) is 0 Å². The maximum atomic E-state index is 11.3. The highest BCUT2D eigenvalue weighted by Gasteiger charge is 2.25. The lowest BCUT2D eigenvalue weighted by Crippen LogP contribution is -2.32. The molecule has 0 aromatic heterocycles. The number of hydrogen-bond acceptors (Lipinski definition) is 7. The highest BCUT2D eigenvalue weighted by Crippen LogP contribution is 2.19. The van der Waals surface area contributed by atoms with Gasteiger partial charge >= 0.3 is 16.4 Å². The minimum atomic E-state index is -4.59. The van der Waals surface area contributed by atoms with Gasteiger partial charge in [0.05, 0.1) is 18.3 Å². The molecule has 0 heterocycles. The highest BCUT2D eigenvalue weighted by atomic mass is 32.3.